The lowest BCUT2D eigenvalue weighted by molar-refractivity contribution is 0.776. The molecule has 0 fully saturated rings. The zero-order chi connectivity index (χ0) is 34.9. The van der Waals surface area contributed by atoms with E-state index in [4.69, 9.17) is 9.97 Å². The highest BCUT2D eigenvalue weighted by molar-refractivity contribution is 6.01. The quantitative estimate of drug-likeness (QED) is 0.187. The molecule has 2 aliphatic rings. The Morgan fingerprint density at radius 3 is 1.34 bits per heavy atom. The molecule has 11 rings (SSSR count). The first-order chi connectivity index (χ1) is 26.3. The van der Waals surface area contributed by atoms with Crippen molar-refractivity contribution in [1.29, 1.82) is 0 Å². The van der Waals surface area contributed by atoms with Crippen molar-refractivity contribution in [2.75, 3.05) is 0 Å². The van der Waals surface area contributed by atoms with Crippen LogP contribution in [0.15, 0.2) is 194 Å². The molecule has 0 N–H and O–H groups in total. The van der Waals surface area contributed by atoms with Gasteiger partial charge < -0.3 is 0 Å². The summed E-state index contributed by atoms with van der Waals surface area (Å²) in [7, 11) is 0. The molecule has 53 heavy (non-hydrogen) atoms. The summed E-state index contributed by atoms with van der Waals surface area (Å²) in [6.45, 7) is 0. The molecule has 8 aromatic carbocycles. The van der Waals surface area contributed by atoms with Crippen LogP contribution in [-0.2, 0) is 5.41 Å². The molecule has 0 saturated carbocycles. The Bertz CT molecular complexity index is 2830. The smallest absolute Gasteiger partial charge is 0.160 e. The van der Waals surface area contributed by atoms with Gasteiger partial charge in [0.25, 0.3) is 0 Å². The Kier molecular flexibility index (Phi) is 6.50. The summed E-state index contributed by atoms with van der Waals surface area (Å²) < 4.78 is 0. The number of hydrogen-bond donors (Lipinski definition) is 0. The molecular weight excluding hydrogens is 641 g/mol. The van der Waals surface area contributed by atoms with Crippen LogP contribution in [0.3, 0.4) is 0 Å². The van der Waals surface area contributed by atoms with E-state index in [9.17, 15) is 0 Å². The van der Waals surface area contributed by atoms with Crippen LogP contribution in [-0.4, -0.2) is 9.97 Å². The number of nitrogens with zero attached hydrogens (tertiary/aromatic N) is 2. The Morgan fingerprint density at radius 1 is 0.283 bits per heavy atom. The number of rotatable bonds is 3. The fraction of sp³-hybridized carbons (Fsp3) is 0.0196. The third-order valence-corrected chi connectivity index (χ3v) is 11.3. The second-order valence-electron chi connectivity index (χ2n) is 14.1. The van der Waals surface area contributed by atoms with E-state index < -0.39 is 5.41 Å². The Morgan fingerprint density at radius 2 is 0.736 bits per heavy atom. The maximum atomic E-state index is 5.29. The first kappa shape index (κ1) is 29.8. The fourth-order valence-corrected chi connectivity index (χ4v) is 9.01. The van der Waals surface area contributed by atoms with Gasteiger partial charge in [0.15, 0.2) is 5.82 Å². The topological polar surface area (TPSA) is 25.8 Å². The number of aromatic nitrogens is 2. The third-order valence-electron chi connectivity index (χ3n) is 11.3. The van der Waals surface area contributed by atoms with Crippen LogP contribution in [0.25, 0.3) is 78.1 Å². The van der Waals surface area contributed by atoms with Gasteiger partial charge in [0.1, 0.15) is 0 Å². The van der Waals surface area contributed by atoms with Crippen LogP contribution in [0.4, 0.5) is 0 Å². The molecule has 0 bridgehead atoms. The normalized spacial score (nSPS) is 14.9. The molecule has 9 aromatic rings. The van der Waals surface area contributed by atoms with Crippen molar-refractivity contribution >= 4 is 10.8 Å². The van der Waals surface area contributed by atoms with Gasteiger partial charge in [-0.05, 0) is 90.7 Å². The Hall–Kier alpha value is -6.90. The van der Waals surface area contributed by atoms with Gasteiger partial charge in [0, 0.05) is 16.7 Å². The summed E-state index contributed by atoms with van der Waals surface area (Å²) in [6, 6.07) is 70.5. The number of fused-ring (bicyclic) bond motifs is 13. The van der Waals surface area contributed by atoms with E-state index in [1.165, 1.54) is 66.4 Å². The largest absolute Gasteiger partial charge is 0.228 e. The van der Waals surface area contributed by atoms with Gasteiger partial charge >= 0.3 is 0 Å². The van der Waals surface area contributed by atoms with E-state index in [2.05, 4.69) is 182 Å². The van der Waals surface area contributed by atoms with Crippen molar-refractivity contribution in [2.24, 2.45) is 0 Å². The molecule has 1 aromatic heterocycles. The maximum absolute atomic E-state index is 5.29. The molecule has 0 amide bonds. The van der Waals surface area contributed by atoms with E-state index in [-0.39, 0.29) is 0 Å². The van der Waals surface area contributed by atoms with Crippen LogP contribution in [0, 0.1) is 0 Å². The fourth-order valence-electron chi connectivity index (χ4n) is 9.01. The molecular formula is C51H32N2. The minimum absolute atomic E-state index is 0.601. The van der Waals surface area contributed by atoms with Gasteiger partial charge in [0.05, 0.1) is 16.8 Å². The van der Waals surface area contributed by atoms with Gasteiger partial charge in [-0.3, -0.25) is 0 Å². The SMILES string of the molecule is c1ccc(-c2cc(-c3ccccc3)nc(-c3ccc4c(c3)C3(c5ccccc5-c5ccccc5-4)c4ccccc4-c4cc5ccccc5cc43)n2)cc1. The van der Waals surface area contributed by atoms with Crippen LogP contribution in [0.1, 0.15) is 22.3 Å². The maximum Gasteiger partial charge on any atom is 0.160 e. The van der Waals surface area contributed by atoms with Crippen molar-refractivity contribution in [3.8, 4) is 67.3 Å². The van der Waals surface area contributed by atoms with E-state index in [0.29, 0.717) is 5.82 Å². The van der Waals surface area contributed by atoms with Crippen molar-refractivity contribution in [3.63, 3.8) is 0 Å². The summed E-state index contributed by atoms with van der Waals surface area (Å²) in [5.41, 5.74) is 17.0. The summed E-state index contributed by atoms with van der Waals surface area (Å²) in [5, 5.41) is 2.48. The first-order valence-corrected chi connectivity index (χ1v) is 18.2. The van der Waals surface area contributed by atoms with Crippen LogP contribution >= 0.6 is 0 Å². The second-order valence-corrected chi connectivity index (χ2v) is 14.1. The van der Waals surface area contributed by atoms with Gasteiger partial charge in [-0.25, -0.2) is 9.97 Å². The van der Waals surface area contributed by atoms with E-state index in [0.717, 1.165) is 28.1 Å². The average Bonchev–Trinajstić information content (AvgIpc) is 3.46. The Labute approximate surface area is 308 Å². The van der Waals surface area contributed by atoms with Crippen LogP contribution < -0.4 is 0 Å². The average molecular weight is 673 g/mol. The van der Waals surface area contributed by atoms with Gasteiger partial charge in [-0.2, -0.15) is 0 Å². The van der Waals surface area contributed by atoms with Crippen molar-refractivity contribution in [3.05, 3.63) is 216 Å². The third kappa shape index (κ3) is 4.39. The second kappa shape index (κ2) is 11.6. The lowest BCUT2D eigenvalue weighted by Crippen LogP contribution is -2.29. The summed E-state index contributed by atoms with van der Waals surface area (Å²) in [5.74, 6) is 0.707. The highest BCUT2D eigenvalue weighted by Gasteiger charge is 2.50. The lowest BCUT2D eigenvalue weighted by atomic mass is 9.65. The molecule has 0 aliphatic heterocycles. The molecule has 1 heterocycles. The van der Waals surface area contributed by atoms with Crippen molar-refractivity contribution in [2.45, 2.75) is 5.41 Å². The predicted molar refractivity (Wildman–Crippen MR) is 218 cm³/mol. The molecule has 0 saturated heterocycles. The highest BCUT2D eigenvalue weighted by atomic mass is 14.9. The zero-order valence-corrected chi connectivity index (χ0v) is 28.9. The van der Waals surface area contributed by atoms with Gasteiger partial charge in [-0.15, -0.1) is 0 Å². The minimum atomic E-state index is -0.601. The van der Waals surface area contributed by atoms with E-state index in [1.807, 2.05) is 12.1 Å². The molecule has 1 atom stereocenters. The molecule has 2 heteroatoms. The predicted octanol–water partition coefficient (Wildman–Crippen LogP) is 12.6. The summed E-state index contributed by atoms with van der Waals surface area (Å²) >= 11 is 0. The van der Waals surface area contributed by atoms with E-state index in [1.54, 1.807) is 0 Å². The first-order valence-electron chi connectivity index (χ1n) is 18.2. The van der Waals surface area contributed by atoms with Gasteiger partial charge in [0.2, 0.25) is 0 Å². The van der Waals surface area contributed by atoms with Crippen LogP contribution in [0.2, 0.25) is 0 Å². The minimum Gasteiger partial charge on any atom is -0.228 e. The monoisotopic (exact) mass is 672 g/mol. The number of hydrogen-bond acceptors (Lipinski definition) is 2. The highest BCUT2D eigenvalue weighted by Crippen LogP contribution is 2.62. The van der Waals surface area contributed by atoms with Crippen LogP contribution in [0.5, 0.6) is 0 Å². The molecule has 246 valence electrons. The summed E-state index contributed by atoms with van der Waals surface area (Å²) in [4.78, 5) is 10.6. The summed E-state index contributed by atoms with van der Waals surface area (Å²) in [6.07, 6.45) is 0. The van der Waals surface area contributed by atoms with Crippen molar-refractivity contribution < 1.29 is 0 Å². The molecule has 2 aliphatic carbocycles. The molecule has 1 spiro atoms. The molecule has 1 unspecified atom stereocenters. The van der Waals surface area contributed by atoms with Crippen molar-refractivity contribution in [1.82, 2.24) is 9.97 Å². The molecule has 2 nitrogen and oxygen atoms in total. The number of benzene rings is 8. The standard InChI is InChI=1S/C51H32N2/c1-3-15-33(16-4-1)48-32-49(34-17-5-2-6-18-34)53-50(52-48)37-27-28-42-39-22-10-9-21-38(39)40-23-11-13-25-44(40)51(46(42)31-37)45-26-14-12-24-41(45)43-29-35-19-7-8-20-36(35)30-47(43)51/h1-32H. The lowest BCUT2D eigenvalue weighted by Gasteiger charge is -2.35. The van der Waals surface area contributed by atoms with Gasteiger partial charge in [-0.1, -0.05) is 170 Å². The zero-order valence-electron chi connectivity index (χ0n) is 28.9. The van der Waals surface area contributed by atoms with E-state index >= 15 is 0 Å². The Balaban J connectivity index is 1.27. The molecule has 0 radical (unpaired) electrons.